The smallest absolute Gasteiger partial charge is 0.263 e. The SMILES string of the molecule is Cn1cccc(C(=O)NCC(O)c2ccc(-c3cccs3)s2)c1=O. The van der Waals surface area contributed by atoms with Crippen molar-refractivity contribution in [1.29, 1.82) is 0 Å². The van der Waals surface area contributed by atoms with Crippen LogP contribution in [0, 0.1) is 0 Å². The molecule has 0 spiro atoms. The molecule has 3 aromatic rings. The fraction of sp³-hybridized carbons (Fsp3) is 0.176. The minimum atomic E-state index is -0.805. The molecule has 0 aliphatic carbocycles. The van der Waals surface area contributed by atoms with Gasteiger partial charge in [-0.3, -0.25) is 9.59 Å². The number of carbonyl (C=O) groups excluding carboxylic acids is 1. The monoisotopic (exact) mass is 360 g/mol. The van der Waals surface area contributed by atoms with Gasteiger partial charge in [-0.25, -0.2) is 0 Å². The Hall–Kier alpha value is -2.22. The number of hydrogen-bond donors (Lipinski definition) is 2. The van der Waals surface area contributed by atoms with Crippen LogP contribution in [0.2, 0.25) is 0 Å². The Balaban J connectivity index is 1.65. The molecule has 0 fully saturated rings. The zero-order valence-electron chi connectivity index (χ0n) is 12.9. The number of hydrogen-bond acceptors (Lipinski definition) is 5. The number of carbonyl (C=O) groups is 1. The molecule has 1 amide bonds. The van der Waals surface area contributed by atoms with Gasteiger partial charge >= 0.3 is 0 Å². The summed E-state index contributed by atoms with van der Waals surface area (Å²) in [6.45, 7) is 0.0568. The van der Waals surface area contributed by atoms with Crippen molar-refractivity contribution in [2.75, 3.05) is 6.54 Å². The molecule has 1 unspecified atom stereocenters. The van der Waals surface area contributed by atoms with Crippen LogP contribution in [-0.4, -0.2) is 22.1 Å². The van der Waals surface area contributed by atoms with Gasteiger partial charge < -0.3 is 15.0 Å². The van der Waals surface area contributed by atoms with E-state index in [1.54, 1.807) is 30.6 Å². The zero-order valence-corrected chi connectivity index (χ0v) is 14.6. The van der Waals surface area contributed by atoms with Gasteiger partial charge in [0.15, 0.2) is 0 Å². The van der Waals surface area contributed by atoms with E-state index in [0.717, 1.165) is 14.6 Å². The van der Waals surface area contributed by atoms with Crippen molar-refractivity contribution >= 4 is 28.6 Å². The third kappa shape index (κ3) is 3.48. The lowest BCUT2D eigenvalue weighted by Gasteiger charge is -2.10. The summed E-state index contributed by atoms with van der Waals surface area (Å²) in [6.07, 6.45) is 0.784. The molecular formula is C17H16N2O3S2. The van der Waals surface area contributed by atoms with Crippen LogP contribution < -0.4 is 10.9 Å². The van der Waals surface area contributed by atoms with Gasteiger partial charge in [0.2, 0.25) is 0 Å². The van der Waals surface area contributed by atoms with Crippen LogP contribution in [0.4, 0.5) is 0 Å². The minimum absolute atomic E-state index is 0.0568. The van der Waals surface area contributed by atoms with Crippen molar-refractivity contribution in [2.45, 2.75) is 6.10 Å². The lowest BCUT2D eigenvalue weighted by Crippen LogP contribution is -2.34. The lowest BCUT2D eigenvalue weighted by molar-refractivity contribution is 0.0916. The third-order valence-corrected chi connectivity index (χ3v) is 5.80. The van der Waals surface area contributed by atoms with E-state index >= 15 is 0 Å². The number of thiophene rings is 2. The first kappa shape index (κ1) is 16.6. The molecule has 5 nitrogen and oxygen atoms in total. The normalized spacial score (nSPS) is 12.1. The molecule has 7 heteroatoms. The number of nitrogens with zero attached hydrogens (tertiary/aromatic N) is 1. The van der Waals surface area contributed by atoms with Gasteiger partial charge in [0, 0.05) is 34.4 Å². The van der Waals surface area contributed by atoms with Crippen LogP contribution in [0.25, 0.3) is 9.75 Å². The molecule has 0 aliphatic rings. The van der Waals surface area contributed by atoms with Crippen LogP contribution in [0.1, 0.15) is 21.3 Å². The van der Waals surface area contributed by atoms with E-state index in [-0.39, 0.29) is 17.7 Å². The van der Waals surface area contributed by atoms with Crippen molar-refractivity contribution in [3.05, 3.63) is 68.8 Å². The molecule has 1 atom stereocenters. The van der Waals surface area contributed by atoms with Crippen molar-refractivity contribution in [1.82, 2.24) is 9.88 Å². The van der Waals surface area contributed by atoms with E-state index in [9.17, 15) is 14.7 Å². The average Bonchev–Trinajstić information content (AvgIpc) is 3.25. The Morgan fingerprint density at radius 1 is 1.25 bits per heavy atom. The summed E-state index contributed by atoms with van der Waals surface area (Å²) in [5, 5.41) is 14.9. The molecule has 3 rings (SSSR count). The van der Waals surface area contributed by atoms with Crippen LogP contribution >= 0.6 is 22.7 Å². The average molecular weight is 360 g/mol. The van der Waals surface area contributed by atoms with Crippen molar-refractivity contribution in [3.8, 4) is 9.75 Å². The minimum Gasteiger partial charge on any atom is -0.386 e. The first-order chi connectivity index (χ1) is 11.6. The van der Waals surface area contributed by atoms with Gasteiger partial charge in [-0.15, -0.1) is 22.7 Å². The van der Waals surface area contributed by atoms with Crippen LogP contribution in [-0.2, 0) is 7.05 Å². The van der Waals surface area contributed by atoms with E-state index in [0.29, 0.717) is 0 Å². The number of aromatic nitrogens is 1. The summed E-state index contributed by atoms with van der Waals surface area (Å²) in [6, 6.07) is 10.9. The first-order valence-corrected chi connectivity index (χ1v) is 9.01. The largest absolute Gasteiger partial charge is 0.386 e. The summed E-state index contributed by atoms with van der Waals surface area (Å²) >= 11 is 3.14. The van der Waals surface area contributed by atoms with Crippen molar-refractivity contribution < 1.29 is 9.90 Å². The van der Waals surface area contributed by atoms with Gasteiger partial charge in [0.1, 0.15) is 11.7 Å². The predicted octanol–water partition coefficient (Wildman–Crippen LogP) is 2.64. The highest BCUT2D eigenvalue weighted by Gasteiger charge is 2.15. The number of nitrogens with one attached hydrogen (secondary N) is 1. The van der Waals surface area contributed by atoms with E-state index in [4.69, 9.17) is 0 Å². The van der Waals surface area contributed by atoms with Gasteiger partial charge in [-0.05, 0) is 35.7 Å². The molecule has 3 aromatic heterocycles. The number of amides is 1. The topological polar surface area (TPSA) is 71.3 Å². The third-order valence-electron chi connectivity index (χ3n) is 3.54. The standard InChI is InChI=1S/C17H16N2O3S2/c1-19-8-2-4-11(17(19)22)16(21)18-10-12(20)13-6-7-15(24-13)14-5-3-9-23-14/h2-9,12,20H,10H2,1H3,(H,18,21). The van der Waals surface area contributed by atoms with Crippen molar-refractivity contribution in [2.24, 2.45) is 7.05 Å². The Morgan fingerprint density at radius 2 is 2.08 bits per heavy atom. The second-order valence-corrected chi connectivity index (χ2v) is 7.31. The van der Waals surface area contributed by atoms with Gasteiger partial charge in [0.05, 0.1) is 0 Å². The van der Waals surface area contributed by atoms with E-state index in [1.165, 1.54) is 22.0 Å². The number of aryl methyl sites for hydroxylation is 1. The molecule has 3 heterocycles. The van der Waals surface area contributed by atoms with E-state index in [1.807, 2.05) is 29.6 Å². The Kier molecular flexibility index (Phi) is 4.94. The van der Waals surface area contributed by atoms with E-state index < -0.39 is 12.0 Å². The first-order valence-electron chi connectivity index (χ1n) is 7.32. The maximum absolute atomic E-state index is 12.1. The lowest BCUT2D eigenvalue weighted by atomic mass is 10.2. The van der Waals surface area contributed by atoms with Crippen LogP contribution in [0.15, 0.2) is 52.8 Å². The van der Waals surface area contributed by atoms with Gasteiger partial charge in [0.25, 0.3) is 11.5 Å². The molecule has 124 valence electrons. The summed E-state index contributed by atoms with van der Waals surface area (Å²) < 4.78 is 1.35. The van der Waals surface area contributed by atoms with Crippen molar-refractivity contribution in [3.63, 3.8) is 0 Å². The Labute approximate surface area is 146 Å². The molecule has 0 radical (unpaired) electrons. The molecule has 0 aromatic carbocycles. The molecular weight excluding hydrogens is 344 g/mol. The molecule has 0 bridgehead atoms. The maximum Gasteiger partial charge on any atom is 0.263 e. The van der Waals surface area contributed by atoms with Gasteiger partial charge in [-0.1, -0.05) is 6.07 Å². The Bertz CT molecular complexity index is 897. The predicted molar refractivity (Wildman–Crippen MR) is 96.6 cm³/mol. The summed E-state index contributed by atoms with van der Waals surface area (Å²) in [4.78, 5) is 27.0. The fourth-order valence-electron chi connectivity index (χ4n) is 2.24. The van der Waals surface area contributed by atoms with Gasteiger partial charge in [-0.2, -0.15) is 0 Å². The number of aliphatic hydroxyl groups excluding tert-OH is 1. The molecule has 0 saturated carbocycles. The van der Waals surface area contributed by atoms with E-state index in [2.05, 4.69) is 5.32 Å². The molecule has 24 heavy (non-hydrogen) atoms. The maximum atomic E-state index is 12.1. The number of rotatable bonds is 5. The second-order valence-electron chi connectivity index (χ2n) is 5.24. The second kappa shape index (κ2) is 7.12. The summed E-state index contributed by atoms with van der Waals surface area (Å²) in [7, 11) is 1.59. The quantitative estimate of drug-likeness (QED) is 0.735. The number of aliphatic hydroxyl groups is 1. The highest BCUT2D eigenvalue weighted by molar-refractivity contribution is 7.21. The summed E-state index contributed by atoms with van der Waals surface area (Å²) in [5.41, 5.74) is -0.293. The molecule has 0 aliphatic heterocycles. The van der Waals surface area contributed by atoms with Crippen LogP contribution in [0.3, 0.4) is 0 Å². The summed E-state index contributed by atoms with van der Waals surface area (Å²) in [5.74, 6) is -0.481. The van der Waals surface area contributed by atoms with Crippen LogP contribution in [0.5, 0.6) is 0 Å². The fourth-order valence-corrected chi connectivity index (χ4v) is 4.07. The highest BCUT2D eigenvalue weighted by atomic mass is 32.1. The zero-order chi connectivity index (χ0) is 17.1. The molecule has 0 saturated heterocycles. The highest BCUT2D eigenvalue weighted by Crippen LogP contribution is 2.33. The number of pyridine rings is 1. The Morgan fingerprint density at radius 3 is 2.83 bits per heavy atom. The molecule has 2 N–H and O–H groups in total.